The molecule has 3 aromatic carbocycles. The zero-order valence-corrected chi connectivity index (χ0v) is 21.9. The fourth-order valence-electron chi connectivity index (χ4n) is 4.76. The van der Waals surface area contributed by atoms with Crippen molar-refractivity contribution in [3.05, 3.63) is 95.9 Å². The quantitative estimate of drug-likeness (QED) is 0.229. The van der Waals surface area contributed by atoms with E-state index in [1.54, 1.807) is 36.5 Å². The minimum Gasteiger partial charge on any atom is -0.439 e. The van der Waals surface area contributed by atoms with Crippen molar-refractivity contribution < 1.29 is 23.5 Å². The molecule has 206 valence electrons. The van der Waals surface area contributed by atoms with Crippen LogP contribution in [0.3, 0.4) is 0 Å². The molecule has 6 rings (SSSR count). The van der Waals surface area contributed by atoms with Crippen LogP contribution in [0.4, 0.5) is 27.4 Å². The molecule has 3 N–H and O–H groups in total. The third kappa shape index (κ3) is 5.76. The van der Waals surface area contributed by atoms with Gasteiger partial charge in [0.1, 0.15) is 17.0 Å². The normalized spacial score (nSPS) is 14.9. The lowest BCUT2D eigenvalue weighted by Gasteiger charge is -2.16. The van der Waals surface area contributed by atoms with Gasteiger partial charge in [-0.2, -0.15) is 4.98 Å². The van der Waals surface area contributed by atoms with Crippen LogP contribution in [0.15, 0.2) is 79.0 Å². The summed E-state index contributed by atoms with van der Waals surface area (Å²) in [5.41, 5.74) is 2.38. The summed E-state index contributed by atoms with van der Waals surface area (Å²) in [7, 11) is 0. The van der Waals surface area contributed by atoms with Crippen molar-refractivity contribution in [2.24, 2.45) is 5.41 Å². The minimum absolute atomic E-state index is 0.175. The van der Waals surface area contributed by atoms with Crippen LogP contribution in [0, 0.1) is 11.2 Å². The van der Waals surface area contributed by atoms with Crippen molar-refractivity contribution >= 4 is 40.6 Å². The van der Waals surface area contributed by atoms with Crippen LogP contribution >= 0.6 is 0 Å². The van der Waals surface area contributed by atoms with E-state index in [9.17, 15) is 18.8 Å². The standard InChI is InChI=1S/C31H26FN5O4/c32-20-4-6-21(7-5-20)34-28(39)31(15-16-31)29(40)35-22-8-11-24(12-9-22)41-27-14-17-33-30(37-27)36-23-10-13-25-19(18-23)2-1-3-26(25)38/h4-14,17-18H,1-3,15-16H2,(H,34,39)(H,35,40)(H,33,36,37). The monoisotopic (exact) mass is 551 g/mol. The zero-order chi connectivity index (χ0) is 28.4. The number of benzene rings is 3. The number of aromatic nitrogens is 2. The Labute approximate surface area is 235 Å². The number of rotatable bonds is 8. The lowest BCUT2D eigenvalue weighted by Crippen LogP contribution is -2.35. The number of hydrogen-bond donors (Lipinski definition) is 3. The predicted molar refractivity (Wildman–Crippen MR) is 151 cm³/mol. The van der Waals surface area contributed by atoms with E-state index >= 15 is 0 Å². The molecule has 0 unspecified atom stereocenters. The number of carbonyl (C=O) groups excluding carboxylic acids is 3. The highest BCUT2D eigenvalue weighted by molar-refractivity contribution is 6.16. The molecule has 2 aliphatic carbocycles. The molecule has 2 aliphatic rings. The Morgan fingerprint density at radius 2 is 1.49 bits per heavy atom. The molecular formula is C31H26FN5O4. The SMILES string of the molecule is O=C1CCCc2cc(Nc3nccc(Oc4ccc(NC(=O)C5(C(=O)Nc6ccc(F)cc6)CC5)cc4)n3)ccc21. The van der Waals surface area contributed by atoms with Crippen molar-refractivity contribution in [2.75, 3.05) is 16.0 Å². The summed E-state index contributed by atoms with van der Waals surface area (Å²) in [4.78, 5) is 46.5. The minimum atomic E-state index is -1.15. The fourth-order valence-corrected chi connectivity index (χ4v) is 4.76. The molecule has 0 spiro atoms. The molecule has 1 heterocycles. The number of anilines is 4. The maximum absolute atomic E-state index is 13.1. The molecule has 10 heteroatoms. The Balaban J connectivity index is 1.06. The molecule has 0 saturated heterocycles. The number of ketones is 1. The van der Waals surface area contributed by atoms with Gasteiger partial charge >= 0.3 is 0 Å². The zero-order valence-electron chi connectivity index (χ0n) is 21.9. The molecule has 0 aliphatic heterocycles. The fraction of sp³-hybridized carbons (Fsp3) is 0.194. The largest absolute Gasteiger partial charge is 0.439 e. The number of amides is 2. The van der Waals surface area contributed by atoms with Crippen LogP contribution in [-0.2, 0) is 16.0 Å². The number of nitrogens with zero attached hydrogens (tertiary/aromatic N) is 2. The van der Waals surface area contributed by atoms with E-state index in [-0.39, 0.29) is 5.78 Å². The summed E-state index contributed by atoms with van der Waals surface area (Å²) in [6.45, 7) is 0. The van der Waals surface area contributed by atoms with E-state index in [0.717, 1.165) is 29.7 Å². The van der Waals surface area contributed by atoms with Crippen molar-refractivity contribution in [1.82, 2.24) is 9.97 Å². The maximum Gasteiger partial charge on any atom is 0.240 e. The second kappa shape index (κ2) is 10.8. The van der Waals surface area contributed by atoms with E-state index in [2.05, 4.69) is 25.9 Å². The summed E-state index contributed by atoms with van der Waals surface area (Å²) < 4.78 is 19.0. The molecule has 0 radical (unpaired) electrons. The van der Waals surface area contributed by atoms with Crippen LogP contribution in [0.2, 0.25) is 0 Å². The van der Waals surface area contributed by atoms with E-state index in [0.29, 0.717) is 48.2 Å². The molecule has 4 aromatic rings. The van der Waals surface area contributed by atoms with Gasteiger partial charge in [-0.25, -0.2) is 9.37 Å². The Morgan fingerprint density at radius 3 is 2.17 bits per heavy atom. The first-order valence-electron chi connectivity index (χ1n) is 13.3. The van der Waals surface area contributed by atoms with Crippen LogP contribution in [0.1, 0.15) is 41.6 Å². The third-order valence-electron chi connectivity index (χ3n) is 7.20. The first-order valence-corrected chi connectivity index (χ1v) is 13.3. The van der Waals surface area contributed by atoms with E-state index < -0.39 is 23.0 Å². The van der Waals surface area contributed by atoms with Gasteiger partial charge in [-0.15, -0.1) is 0 Å². The van der Waals surface area contributed by atoms with Crippen molar-refractivity contribution in [3.63, 3.8) is 0 Å². The second-order valence-electron chi connectivity index (χ2n) is 10.1. The smallest absolute Gasteiger partial charge is 0.240 e. The Kier molecular flexibility index (Phi) is 6.88. The summed E-state index contributed by atoms with van der Waals surface area (Å²) in [6.07, 6.45) is 4.74. The molecule has 1 aromatic heterocycles. The molecule has 0 bridgehead atoms. The van der Waals surface area contributed by atoms with Gasteiger partial charge in [0, 0.05) is 41.3 Å². The molecule has 1 saturated carbocycles. The number of aryl methyl sites for hydroxylation is 1. The molecule has 0 atom stereocenters. The summed E-state index contributed by atoms with van der Waals surface area (Å²) in [5.74, 6) is 0.117. The van der Waals surface area contributed by atoms with Gasteiger partial charge in [-0.1, -0.05) is 0 Å². The number of halogens is 1. The number of nitrogens with one attached hydrogen (secondary N) is 3. The lowest BCUT2D eigenvalue weighted by molar-refractivity contribution is -0.131. The number of ether oxygens (including phenoxy) is 1. The topological polar surface area (TPSA) is 122 Å². The number of fused-ring (bicyclic) bond motifs is 1. The average molecular weight is 552 g/mol. The van der Waals surface area contributed by atoms with Gasteiger partial charge in [0.2, 0.25) is 23.6 Å². The Morgan fingerprint density at radius 1 is 0.829 bits per heavy atom. The summed E-state index contributed by atoms with van der Waals surface area (Å²) >= 11 is 0. The molecular weight excluding hydrogens is 525 g/mol. The van der Waals surface area contributed by atoms with Crippen molar-refractivity contribution in [1.29, 1.82) is 0 Å². The third-order valence-corrected chi connectivity index (χ3v) is 7.20. The molecule has 9 nitrogen and oxygen atoms in total. The van der Waals surface area contributed by atoms with Crippen molar-refractivity contribution in [3.8, 4) is 11.6 Å². The Hall–Kier alpha value is -5.12. The van der Waals surface area contributed by atoms with Gasteiger partial charge < -0.3 is 20.7 Å². The highest BCUT2D eigenvalue weighted by Crippen LogP contribution is 2.47. The highest BCUT2D eigenvalue weighted by Gasteiger charge is 2.56. The lowest BCUT2D eigenvalue weighted by atomic mass is 9.90. The molecule has 41 heavy (non-hydrogen) atoms. The van der Waals surface area contributed by atoms with E-state index in [1.807, 2.05) is 18.2 Å². The van der Waals surface area contributed by atoms with Gasteiger partial charge in [0.25, 0.3) is 0 Å². The Bertz CT molecular complexity index is 1640. The average Bonchev–Trinajstić information content (AvgIpc) is 3.78. The molecule has 1 fully saturated rings. The van der Waals surface area contributed by atoms with E-state index in [1.165, 1.54) is 24.3 Å². The number of carbonyl (C=O) groups is 3. The second-order valence-corrected chi connectivity index (χ2v) is 10.1. The first-order chi connectivity index (χ1) is 19.9. The highest BCUT2D eigenvalue weighted by atomic mass is 19.1. The van der Waals surface area contributed by atoms with Crippen LogP contribution in [-0.4, -0.2) is 27.6 Å². The predicted octanol–water partition coefficient (Wildman–Crippen LogP) is 6.03. The van der Waals surface area contributed by atoms with Gasteiger partial charge in [-0.3, -0.25) is 14.4 Å². The van der Waals surface area contributed by atoms with Gasteiger partial charge in [0.05, 0.1) is 0 Å². The number of Topliss-reactive ketones (excluding diaryl/α,β-unsaturated/α-hetero) is 1. The van der Waals surface area contributed by atoms with Crippen LogP contribution in [0.5, 0.6) is 11.6 Å². The first kappa shape index (κ1) is 26.1. The summed E-state index contributed by atoms with van der Waals surface area (Å²) in [6, 6.07) is 19.4. The summed E-state index contributed by atoms with van der Waals surface area (Å²) in [5, 5.41) is 8.66. The van der Waals surface area contributed by atoms with Crippen LogP contribution in [0.25, 0.3) is 0 Å². The van der Waals surface area contributed by atoms with E-state index in [4.69, 9.17) is 4.74 Å². The number of hydrogen-bond acceptors (Lipinski definition) is 7. The van der Waals surface area contributed by atoms with Gasteiger partial charge in [0.15, 0.2) is 5.78 Å². The van der Waals surface area contributed by atoms with Crippen LogP contribution < -0.4 is 20.7 Å². The maximum atomic E-state index is 13.1. The molecule has 2 amide bonds. The van der Waals surface area contributed by atoms with Crippen molar-refractivity contribution in [2.45, 2.75) is 32.1 Å². The van der Waals surface area contributed by atoms with Gasteiger partial charge in [-0.05, 0) is 98.0 Å².